The predicted octanol–water partition coefficient (Wildman–Crippen LogP) is 1.95. The molecule has 86 valence electrons. The van der Waals surface area contributed by atoms with Gasteiger partial charge < -0.3 is 11.1 Å². The van der Waals surface area contributed by atoms with Crippen LogP contribution in [-0.2, 0) is 0 Å². The number of benzene rings is 1. The molecule has 1 aromatic carbocycles. The van der Waals surface area contributed by atoms with Crippen molar-refractivity contribution in [1.29, 1.82) is 0 Å². The summed E-state index contributed by atoms with van der Waals surface area (Å²) in [6.07, 6.45) is 0. The molecule has 0 aliphatic carbocycles. The number of hydrogen-bond donors (Lipinski definition) is 2. The van der Waals surface area contributed by atoms with Crippen LogP contribution in [0.1, 0.15) is 6.92 Å². The van der Waals surface area contributed by atoms with Gasteiger partial charge in [-0.15, -0.1) is 0 Å². The molecule has 0 aromatic heterocycles. The van der Waals surface area contributed by atoms with Gasteiger partial charge in [0.15, 0.2) is 0 Å². The van der Waals surface area contributed by atoms with Crippen LogP contribution in [0.15, 0.2) is 24.3 Å². The maximum absolute atomic E-state index is 11.6. The number of nitrogens with zero attached hydrogens (tertiary/aromatic N) is 1. The number of rotatable bonds is 2. The van der Waals surface area contributed by atoms with Crippen molar-refractivity contribution >= 4 is 29.4 Å². The van der Waals surface area contributed by atoms with Crippen LogP contribution in [0.2, 0.25) is 5.02 Å². The zero-order valence-corrected chi connectivity index (χ0v) is 9.49. The normalized spacial score (nSPS) is 9.62. The topological polar surface area (TPSA) is 75.4 Å². The molecule has 0 saturated heterocycles. The molecule has 16 heavy (non-hydrogen) atoms. The summed E-state index contributed by atoms with van der Waals surface area (Å²) < 4.78 is 0. The Labute approximate surface area is 98.2 Å². The van der Waals surface area contributed by atoms with E-state index in [4.69, 9.17) is 17.3 Å². The summed E-state index contributed by atoms with van der Waals surface area (Å²) in [7, 11) is 0. The predicted molar refractivity (Wildman–Crippen MR) is 62.6 cm³/mol. The quantitative estimate of drug-likeness (QED) is 0.830. The van der Waals surface area contributed by atoms with Crippen molar-refractivity contribution in [3.63, 3.8) is 0 Å². The summed E-state index contributed by atoms with van der Waals surface area (Å²) in [4.78, 5) is 23.6. The van der Waals surface area contributed by atoms with E-state index in [2.05, 4.69) is 5.32 Å². The molecule has 1 aromatic rings. The van der Waals surface area contributed by atoms with Gasteiger partial charge in [0.25, 0.3) is 0 Å². The standard InChI is InChI=1S/C10H12ClN3O2/c1-2-13-10(16)14(9(12)15)8-6-4-3-5-7(8)11/h3-6H,2H2,1H3,(H2,12,15)(H,13,16). The van der Waals surface area contributed by atoms with E-state index >= 15 is 0 Å². The molecule has 0 fully saturated rings. The Kier molecular flexibility index (Phi) is 4.13. The number of anilines is 1. The van der Waals surface area contributed by atoms with Gasteiger partial charge in [-0.3, -0.25) is 0 Å². The number of urea groups is 2. The van der Waals surface area contributed by atoms with Gasteiger partial charge in [0.1, 0.15) is 0 Å². The fourth-order valence-corrected chi connectivity index (χ4v) is 1.41. The Morgan fingerprint density at radius 3 is 2.56 bits per heavy atom. The van der Waals surface area contributed by atoms with E-state index in [9.17, 15) is 9.59 Å². The average Bonchev–Trinajstić information content (AvgIpc) is 2.21. The van der Waals surface area contributed by atoms with E-state index in [1.165, 1.54) is 0 Å². The van der Waals surface area contributed by atoms with Crippen LogP contribution >= 0.6 is 11.6 Å². The summed E-state index contributed by atoms with van der Waals surface area (Å²) in [5.74, 6) is 0. The van der Waals surface area contributed by atoms with Gasteiger partial charge in [-0.2, -0.15) is 0 Å². The highest BCUT2D eigenvalue weighted by Crippen LogP contribution is 2.24. The third-order valence-corrected chi connectivity index (χ3v) is 2.16. The van der Waals surface area contributed by atoms with Crippen LogP contribution in [0.25, 0.3) is 0 Å². The maximum Gasteiger partial charge on any atom is 0.330 e. The van der Waals surface area contributed by atoms with E-state index in [0.717, 1.165) is 4.90 Å². The molecule has 0 radical (unpaired) electrons. The molecule has 0 heterocycles. The lowest BCUT2D eigenvalue weighted by Gasteiger charge is -2.19. The minimum absolute atomic E-state index is 0.266. The van der Waals surface area contributed by atoms with Crippen LogP contribution in [0.4, 0.5) is 15.3 Å². The number of halogens is 1. The van der Waals surface area contributed by atoms with Crippen molar-refractivity contribution in [3.05, 3.63) is 29.3 Å². The Hall–Kier alpha value is -1.75. The van der Waals surface area contributed by atoms with Crippen molar-refractivity contribution < 1.29 is 9.59 Å². The van der Waals surface area contributed by atoms with Gasteiger partial charge in [0, 0.05) is 6.54 Å². The van der Waals surface area contributed by atoms with Crippen LogP contribution < -0.4 is 16.0 Å². The van der Waals surface area contributed by atoms with Crippen LogP contribution in [0.5, 0.6) is 0 Å². The molecule has 6 heteroatoms. The van der Waals surface area contributed by atoms with Gasteiger partial charge in [-0.25, -0.2) is 14.5 Å². The molecule has 5 nitrogen and oxygen atoms in total. The van der Waals surface area contributed by atoms with E-state index in [1.54, 1.807) is 31.2 Å². The summed E-state index contributed by atoms with van der Waals surface area (Å²) in [5.41, 5.74) is 5.40. The first-order chi connectivity index (χ1) is 7.57. The Balaban J connectivity index is 3.08. The molecule has 4 amide bonds. The molecule has 3 N–H and O–H groups in total. The van der Waals surface area contributed by atoms with Gasteiger partial charge in [0.2, 0.25) is 0 Å². The number of amides is 4. The first-order valence-corrected chi connectivity index (χ1v) is 5.07. The molecular formula is C10H12ClN3O2. The molecule has 0 aliphatic heterocycles. The van der Waals surface area contributed by atoms with Crippen molar-refractivity contribution in [2.24, 2.45) is 5.73 Å². The smallest absolute Gasteiger partial charge is 0.330 e. The third-order valence-electron chi connectivity index (χ3n) is 1.84. The van der Waals surface area contributed by atoms with Gasteiger partial charge in [-0.1, -0.05) is 23.7 Å². The summed E-state index contributed by atoms with van der Waals surface area (Å²) in [6.45, 7) is 2.14. The minimum Gasteiger partial charge on any atom is -0.351 e. The second kappa shape index (κ2) is 5.37. The largest absolute Gasteiger partial charge is 0.351 e. The van der Waals surface area contributed by atoms with E-state index < -0.39 is 12.1 Å². The lowest BCUT2D eigenvalue weighted by molar-refractivity contribution is 0.238. The summed E-state index contributed by atoms with van der Waals surface area (Å²) >= 11 is 5.88. The van der Waals surface area contributed by atoms with E-state index in [0.29, 0.717) is 6.54 Å². The lowest BCUT2D eigenvalue weighted by Crippen LogP contribution is -2.46. The Morgan fingerprint density at radius 1 is 1.44 bits per heavy atom. The van der Waals surface area contributed by atoms with Crippen LogP contribution in [0.3, 0.4) is 0 Å². The highest BCUT2D eigenvalue weighted by atomic mass is 35.5. The molecule has 1 rings (SSSR count). The molecular weight excluding hydrogens is 230 g/mol. The van der Waals surface area contributed by atoms with Crippen molar-refractivity contribution in [2.45, 2.75) is 6.92 Å². The molecule has 0 bridgehead atoms. The summed E-state index contributed by atoms with van der Waals surface area (Å²) in [5, 5.41) is 2.76. The maximum atomic E-state index is 11.6. The number of nitrogens with two attached hydrogens (primary N) is 1. The first kappa shape index (κ1) is 12.3. The lowest BCUT2D eigenvalue weighted by atomic mass is 10.3. The van der Waals surface area contributed by atoms with E-state index in [-0.39, 0.29) is 10.7 Å². The summed E-state index contributed by atoms with van der Waals surface area (Å²) in [6, 6.07) is 5.01. The molecule has 0 unspecified atom stereocenters. The number of carbonyl (C=O) groups excluding carboxylic acids is 2. The second-order valence-corrected chi connectivity index (χ2v) is 3.37. The fraction of sp³-hybridized carbons (Fsp3) is 0.200. The second-order valence-electron chi connectivity index (χ2n) is 2.96. The molecule has 0 spiro atoms. The Morgan fingerprint density at radius 2 is 2.06 bits per heavy atom. The monoisotopic (exact) mass is 241 g/mol. The third kappa shape index (κ3) is 2.64. The first-order valence-electron chi connectivity index (χ1n) is 4.69. The van der Waals surface area contributed by atoms with Crippen LogP contribution in [0, 0.1) is 0 Å². The fourth-order valence-electron chi connectivity index (χ4n) is 1.19. The highest BCUT2D eigenvalue weighted by Gasteiger charge is 2.22. The van der Waals surface area contributed by atoms with E-state index in [1.807, 2.05) is 0 Å². The molecule has 0 saturated carbocycles. The Bertz CT molecular complexity index is 409. The number of nitrogens with one attached hydrogen (secondary N) is 1. The number of carbonyl (C=O) groups is 2. The number of primary amides is 1. The van der Waals surface area contributed by atoms with Crippen molar-refractivity contribution in [2.75, 3.05) is 11.4 Å². The molecule has 0 aliphatic rings. The number of imide groups is 1. The van der Waals surface area contributed by atoms with Gasteiger partial charge in [-0.05, 0) is 19.1 Å². The average molecular weight is 242 g/mol. The highest BCUT2D eigenvalue weighted by molar-refractivity contribution is 6.35. The van der Waals surface area contributed by atoms with Crippen LogP contribution in [-0.4, -0.2) is 18.6 Å². The van der Waals surface area contributed by atoms with Gasteiger partial charge >= 0.3 is 12.1 Å². The number of para-hydroxylation sites is 1. The van der Waals surface area contributed by atoms with Crippen molar-refractivity contribution in [3.8, 4) is 0 Å². The zero-order valence-electron chi connectivity index (χ0n) is 8.74. The van der Waals surface area contributed by atoms with Crippen molar-refractivity contribution in [1.82, 2.24) is 5.32 Å². The number of hydrogen-bond acceptors (Lipinski definition) is 2. The minimum atomic E-state index is -0.876. The zero-order chi connectivity index (χ0) is 12.1. The molecule has 0 atom stereocenters. The SMILES string of the molecule is CCNC(=O)N(C(N)=O)c1ccccc1Cl. The van der Waals surface area contributed by atoms with Gasteiger partial charge in [0.05, 0.1) is 10.7 Å².